The van der Waals surface area contributed by atoms with Gasteiger partial charge in [0, 0.05) is 122 Å². The van der Waals surface area contributed by atoms with Crippen LogP contribution in [-0.4, -0.2) is 19.5 Å². The smallest absolute Gasteiger partial charge is 0.0529 e. The quantitative estimate of drug-likeness (QED) is 0.138. The molecule has 14 rings (SSSR count). The van der Waals surface area contributed by atoms with E-state index in [1.165, 1.54) is 76.6 Å². The zero-order valence-corrected chi connectivity index (χ0v) is 60.9. The summed E-state index contributed by atoms with van der Waals surface area (Å²) in [5.41, 5.74) is 14.7. The summed E-state index contributed by atoms with van der Waals surface area (Å²) in [5, 5.41) is 9.75. The zero-order valence-electron chi connectivity index (χ0n) is 41.4. The Bertz CT molecular complexity index is 4250. The van der Waals surface area contributed by atoms with Crippen LogP contribution in [0.1, 0.15) is 0 Å². The van der Waals surface area contributed by atoms with Gasteiger partial charge in [0.05, 0.1) is 11.0 Å². The summed E-state index contributed by atoms with van der Waals surface area (Å²) in [6.45, 7) is 0. The number of pyridine rings is 2. The first kappa shape index (κ1) is 63.4. The van der Waals surface area contributed by atoms with Gasteiger partial charge in [0.25, 0.3) is 0 Å². The van der Waals surface area contributed by atoms with Crippen molar-refractivity contribution in [3.63, 3.8) is 0 Å². The number of aromatic amines is 1. The molecule has 4 heterocycles. The third kappa shape index (κ3) is 14.9. The molecule has 0 spiro atoms. The zero-order chi connectivity index (χ0) is 52.2. The molecule has 398 valence electrons. The predicted octanol–water partition coefficient (Wildman–Crippen LogP) is 19.1. The largest absolute Gasteiger partial charge is 0.354 e. The summed E-state index contributed by atoms with van der Waals surface area (Å²) in [6, 6.07) is 91.1. The van der Waals surface area contributed by atoms with E-state index in [0.717, 1.165) is 43.4 Å². The minimum absolute atomic E-state index is 0. The fourth-order valence-corrected chi connectivity index (χ4v) is 10.1. The number of benzene rings is 10. The van der Waals surface area contributed by atoms with E-state index in [9.17, 15) is 0 Å². The van der Waals surface area contributed by atoms with E-state index in [1.807, 2.05) is 60.9 Å². The number of halogens is 7. The van der Waals surface area contributed by atoms with Gasteiger partial charge in [-0.3, -0.25) is 0 Å². The molecule has 0 atom stereocenters. The van der Waals surface area contributed by atoms with E-state index < -0.39 is 0 Å². The molecule has 0 unspecified atom stereocenters. The van der Waals surface area contributed by atoms with Crippen molar-refractivity contribution in [3.8, 4) is 50.5 Å². The van der Waals surface area contributed by atoms with Gasteiger partial charge in [0.1, 0.15) is 0 Å². The van der Waals surface area contributed by atoms with Crippen molar-refractivity contribution in [2.75, 3.05) is 0 Å². The Kier molecular flexibility index (Phi) is 25.2. The van der Waals surface area contributed by atoms with Gasteiger partial charge < -0.3 is 19.5 Å². The van der Waals surface area contributed by atoms with Crippen LogP contribution in [0.3, 0.4) is 0 Å². The third-order valence-electron chi connectivity index (χ3n) is 13.1. The number of nitrogens with zero attached hydrogens (tertiary/aromatic N) is 3. The molecule has 0 saturated heterocycles. The summed E-state index contributed by atoms with van der Waals surface area (Å²) in [5.74, 6) is 0. The second kappa shape index (κ2) is 31.4. The molecule has 4 nitrogen and oxygen atoms in total. The first-order valence-corrected chi connectivity index (χ1v) is 43.7. The van der Waals surface area contributed by atoms with Gasteiger partial charge in [-0.15, -0.1) is 83.6 Å². The summed E-state index contributed by atoms with van der Waals surface area (Å²) in [6.07, 6.45) is 3.72. The standard InChI is InChI=1S/C33H21N2.C18H13N.C15H9BrN.I3.I2.HI.2Ir/c1-2-9-23(10-3-1)25-17-18-30-29-15-6-7-16-31(29)35(32(30)22-25)27-13-8-12-26(21-27)33-28-14-5-4-11-24(28)19-20-34-33;1-2-6-13(7-3-1)14-10-11-16-15-8-4-5-9-17(15)19-18(16)12-14;16-13-6-3-5-12(10-13)15-14-7-2-1-4-11(14)8-9-17-15;1-3-2;1-2;;;/h1-11,13-22H;1-12,19H;1-4,6-10H;;;1H;;/q-1;;2*-1;;;;. The Labute approximate surface area is 566 Å². The molecule has 0 aliphatic rings. The second-order valence-electron chi connectivity index (χ2n) is 17.4. The number of hydrogen-bond acceptors (Lipinski definition) is 2. The van der Waals surface area contributed by atoms with Crippen LogP contribution in [0.15, 0.2) is 260 Å². The molecule has 0 fully saturated rings. The number of fused-ring (bicyclic) bond motifs is 8. The maximum atomic E-state index is 4.74. The molecule has 13 heteroatoms. The topological polar surface area (TPSA) is 46.5 Å². The number of para-hydroxylation sites is 2. The van der Waals surface area contributed by atoms with Crippen molar-refractivity contribution in [3.05, 3.63) is 272 Å². The first-order chi connectivity index (χ1) is 37.5. The van der Waals surface area contributed by atoms with Crippen LogP contribution in [0.5, 0.6) is 0 Å². The van der Waals surface area contributed by atoms with E-state index >= 15 is 0 Å². The fourth-order valence-electron chi connectivity index (χ4n) is 9.70. The number of nitrogens with one attached hydrogen (secondary N) is 1. The molecule has 0 bridgehead atoms. The van der Waals surface area contributed by atoms with Gasteiger partial charge in [-0.25, -0.2) is 0 Å². The molecular weight excluding hydrogens is 2070 g/mol. The van der Waals surface area contributed by atoms with Gasteiger partial charge in [0.2, 0.25) is 0 Å². The SMILES string of the molecule is Brc1cc[c-]c(-c2nccc3ccccc23)c1.I.II.I[I-]I.[Ir].[Ir].[c-]1ccc(-n2c3ccccc3c3ccc(-c4ccccc4)cc32)cc1-c1nccc2ccccc12.c1ccc(-c2ccc3c(c2)[nH]c2ccccc23)cc1. The molecule has 0 aliphatic heterocycles. The maximum Gasteiger partial charge on any atom is 0.0529 e. The van der Waals surface area contributed by atoms with Crippen LogP contribution < -0.4 is 13.3 Å². The Morgan fingerprint density at radius 3 is 1.47 bits per heavy atom. The number of H-pyrrole nitrogens is 1. The summed E-state index contributed by atoms with van der Waals surface area (Å²) in [7, 11) is 0. The first-order valence-electron chi connectivity index (χ1n) is 24.1. The van der Waals surface area contributed by atoms with Crippen molar-refractivity contribution >= 4 is 180 Å². The normalized spacial score (nSPS) is 10.4. The van der Waals surface area contributed by atoms with Crippen LogP contribution in [0, 0.1) is 12.1 Å². The predicted molar refractivity (Wildman–Crippen MR) is 372 cm³/mol. The van der Waals surface area contributed by atoms with Crippen molar-refractivity contribution < 1.29 is 53.5 Å². The van der Waals surface area contributed by atoms with Crippen LogP contribution in [0.2, 0.25) is 0 Å². The van der Waals surface area contributed by atoms with Crippen LogP contribution in [0.25, 0.3) is 116 Å². The van der Waals surface area contributed by atoms with Crippen LogP contribution in [-0.2, 0) is 40.2 Å². The van der Waals surface area contributed by atoms with Gasteiger partial charge in [0.15, 0.2) is 0 Å². The van der Waals surface area contributed by atoms with E-state index in [-0.39, 0.29) is 64.2 Å². The third-order valence-corrected chi connectivity index (χ3v) is 13.6. The molecule has 2 radical (unpaired) electrons. The average molecular weight is 2120 g/mol. The molecule has 10 aromatic carbocycles. The molecular formula is C66H44BrI6Ir2N4-3. The van der Waals surface area contributed by atoms with E-state index in [4.69, 9.17) is 4.98 Å². The fraction of sp³-hybridized carbons (Fsp3) is 0. The maximum absolute atomic E-state index is 4.74. The Morgan fingerprint density at radius 2 is 0.873 bits per heavy atom. The monoisotopic (exact) mass is 2120 g/mol. The van der Waals surface area contributed by atoms with E-state index in [2.05, 4.69) is 311 Å². The molecule has 79 heavy (non-hydrogen) atoms. The second-order valence-corrected chi connectivity index (χ2v) is 34.6. The van der Waals surface area contributed by atoms with Gasteiger partial charge in [-0.2, -0.15) is 0 Å². The van der Waals surface area contributed by atoms with Crippen LogP contribution >= 0.6 is 114 Å². The molecule has 1 N–H and O–H groups in total. The Morgan fingerprint density at radius 1 is 0.418 bits per heavy atom. The minimum Gasteiger partial charge on any atom is -0.354 e. The average Bonchev–Trinajstić information content (AvgIpc) is 4.19. The van der Waals surface area contributed by atoms with E-state index in [1.54, 1.807) is 0 Å². The van der Waals surface area contributed by atoms with Crippen molar-refractivity contribution in [2.24, 2.45) is 0 Å². The minimum atomic E-state index is 0. The van der Waals surface area contributed by atoms with Gasteiger partial charge in [-0.1, -0.05) is 190 Å². The number of rotatable bonds is 5. The molecule has 0 amide bonds. The number of aromatic nitrogens is 4. The van der Waals surface area contributed by atoms with Crippen LogP contribution in [0.4, 0.5) is 0 Å². The van der Waals surface area contributed by atoms with Gasteiger partial charge >= 0.3 is 50.5 Å². The summed E-state index contributed by atoms with van der Waals surface area (Å²) >= 11 is 13.0. The Balaban J connectivity index is 0.000000175. The van der Waals surface area contributed by atoms with Crippen molar-refractivity contribution in [2.45, 2.75) is 0 Å². The molecule has 14 aromatic rings. The van der Waals surface area contributed by atoms with Crippen molar-refractivity contribution in [1.29, 1.82) is 0 Å². The van der Waals surface area contributed by atoms with E-state index in [0.29, 0.717) is 13.3 Å². The molecule has 0 saturated carbocycles. The number of hydrogen-bond donors (Lipinski definition) is 1. The van der Waals surface area contributed by atoms with Crippen molar-refractivity contribution in [1.82, 2.24) is 19.5 Å². The molecule has 0 aliphatic carbocycles. The van der Waals surface area contributed by atoms with Gasteiger partial charge in [-0.05, 0) is 97.3 Å². The Hall–Kier alpha value is -3.22. The summed E-state index contributed by atoms with van der Waals surface area (Å²) < 4.78 is 3.40. The molecule has 4 aromatic heterocycles. The summed E-state index contributed by atoms with van der Waals surface area (Å²) in [4.78, 5) is 12.7.